The van der Waals surface area contributed by atoms with Crippen LogP contribution in [0.4, 0.5) is 10.2 Å². The highest BCUT2D eigenvalue weighted by atomic mass is 19.1. The van der Waals surface area contributed by atoms with E-state index in [1.165, 1.54) is 17.7 Å². The van der Waals surface area contributed by atoms with E-state index in [0.717, 1.165) is 49.8 Å². The summed E-state index contributed by atoms with van der Waals surface area (Å²) in [5.41, 5.74) is 2.71. The lowest BCUT2D eigenvalue weighted by Crippen LogP contribution is -2.13. The molecule has 0 amide bonds. The molecule has 1 aliphatic carbocycles. The Morgan fingerprint density at radius 3 is 2.76 bits per heavy atom. The van der Waals surface area contributed by atoms with Gasteiger partial charge in [0, 0.05) is 29.4 Å². The molecule has 0 radical (unpaired) electrons. The van der Waals surface area contributed by atoms with Crippen LogP contribution in [0.1, 0.15) is 31.0 Å². The van der Waals surface area contributed by atoms with Crippen LogP contribution in [0, 0.1) is 5.82 Å². The van der Waals surface area contributed by atoms with Crippen LogP contribution in [0.3, 0.4) is 0 Å². The van der Waals surface area contributed by atoms with Gasteiger partial charge < -0.3 is 10.4 Å². The number of hydrogen-bond donors (Lipinski definition) is 2. The third-order valence-corrected chi connectivity index (χ3v) is 3.67. The Morgan fingerprint density at radius 1 is 1.19 bits per heavy atom. The molecule has 0 aliphatic heterocycles. The standard InChI is InChI=1S/C16H18FN3O/c1-2-18-16-13-5-3-4-6-14(13)19-15(20-16)10-7-11(17)9-12(21)8-10/h7-9,21H,2-6H2,1H3,(H,18,19,20). The van der Waals surface area contributed by atoms with E-state index in [0.29, 0.717) is 11.4 Å². The Hall–Kier alpha value is -2.17. The Morgan fingerprint density at radius 2 is 2.00 bits per heavy atom. The van der Waals surface area contributed by atoms with E-state index in [2.05, 4.69) is 15.3 Å². The number of phenolic OH excluding ortho intramolecular Hbond substituents is 1. The molecule has 5 heteroatoms. The summed E-state index contributed by atoms with van der Waals surface area (Å²) in [5, 5.41) is 12.8. The molecule has 0 saturated carbocycles. The molecular formula is C16H18FN3O. The number of benzene rings is 1. The van der Waals surface area contributed by atoms with Gasteiger partial charge >= 0.3 is 0 Å². The molecule has 0 fully saturated rings. The first-order valence-corrected chi connectivity index (χ1v) is 7.31. The highest BCUT2D eigenvalue weighted by molar-refractivity contribution is 5.62. The second-order valence-electron chi connectivity index (χ2n) is 5.26. The SMILES string of the molecule is CCNc1nc(-c2cc(O)cc(F)c2)nc2c1CCCC2. The van der Waals surface area contributed by atoms with Crippen molar-refractivity contribution in [3.05, 3.63) is 35.3 Å². The zero-order valence-corrected chi connectivity index (χ0v) is 12.0. The molecule has 1 aliphatic rings. The lowest BCUT2D eigenvalue weighted by Gasteiger charge is -2.19. The minimum Gasteiger partial charge on any atom is -0.508 e. The van der Waals surface area contributed by atoms with Crippen LogP contribution >= 0.6 is 0 Å². The van der Waals surface area contributed by atoms with E-state index in [1.807, 2.05) is 6.92 Å². The van der Waals surface area contributed by atoms with E-state index in [9.17, 15) is 9.50 Å². The van der Waals surface area contributed by atoms with Crippen molar-refractivity contribution in [3.63, 3.8) is 0 Å². The summed E-state index contributed by atoms with van der Waals surface area (Å²) in [6.45, 7) is 2.79. The van der Waals surface area contributed by atoms with Gasteiger partial charge in [-0.2, -0.15) is 0 Å². The van der Waals surface area contributed by atoms with Crippen LogP contribution in [-0.4, -0.2) is 21.6 Å². The average Bonchev–Trinajstić information content (AvgIpc) is 2.46. The van der Waals surface area contributed by atoms with Crippen LogP contribution in [-0.2, 0) is 12.8 Å². The molecule has 0 atom stereocenters. The minimum atomic E-state index is -0.490. The third kappa shape index (κ3) is 2.82. The van der Waals surface area contributed by atoms with Crippen LogP contribution in [0.25, 0.3) is 11.4 Å². The van der Waals surface area contributed by atoms with Crippen LogP contribution in [0.15, 0.2) is 18.2 Å². The van der Waals surface area contributed by atoms with Gasteiger partial charge in [-0.3, -0.25) is 0 Å². The van der Waals surface area contributed by atoms with Gasteiger partial charge in [0.05, 0.1) is 0 Å². The fraction of sp³-hybridized carbons (Fsp3) is 0.375. The second-order valence-corrected chi connectivity index (χ2v) is 5.26. The average molecular weight is 287 g/mol. The van der Waals surface area contributed by atoms with Crippen LogP contribution in [0.2, 0.25) is 0 Å². The number of hydrogen-bond acceptors (Lipinski definition) is 4. The van der Waals surface area contributed by atoms with Gasteiger partial charge in [-0.05, 0) is 44.7 Å². The molecule has 4 nitrogen and oxygen atoms in total. The van der Waals surface area contributed by atoms with Crippen molar-refractivity contribution in [2.24, 2.45) is 0 Å². The summed E-state index contributed by atoms with van der Waals surface area (Å²) in [6, 6.07) is 3.91. The highest BCUT2D eigenvalue weighted by Crippen LogP contribution is 2.29. The molecule has 1 aromatic carbocycles. The van der Waals surface area contributed by atoms with Crippen molar-refractivity contribution in [3.8, 4) is 17.1 Å². The predicted octanol–water partition coefficient (Wildman–Crippen LogP) is 3.30. The number of aromatic hydroxyl groups is 1. The molecule has 0 bridgehead atoms. The molecular weight excluding hydrogens is 269 g/mol. The van der Waals surface area contributed by atoms with E-state index in [4.69, 9.17) is 0 Å². The monoisotopic (exact) mass is 287 g/mol. The third-order valence-electron chi connectivity index (χ3n) is 3.67. The quantitative estimate of drug-likeness (QED) is 0.909. The fourth-order valence-corrected chi connectivity index (χ4v) is 2.74. The molecule has 0 saturated heterocycles. The molecule has 3 rings (SSSR count). The maximum Gasteiger partial charge on any atom is 0.162 e. The number of nitrogens with one attached hydrogen (secondary N) is 1. The number of anilines is 1. The second kappa shape index (κ2) is 5.68. The molecule has 2 aromatic rings. The fourth-order valence-electron chi connectivity index (χ4n) is 2.74. The Kier molecular flexibility index (Phi) is 3.73. The number of aromatic nitrogens is 2. The van der Waals surface area contributed by atoms with Crippen molar-refractivity contribution < 1.29 is 9.50 Å². The number of nitrogens with zero attached hydrogens (tertiary/aromatic N) is 2. The minimum absolute atomic E-state index is 0.115. The first-order valence-electron chi connectivity index (χ1n) is 7.31. The molecule has 2 N–H and O–H groups in total. The number of fused-ring (bicyclic) bond motifs is 1. The van der Waals surface area contributed by atoms with E-state index in [1.54, 1.807) is 0 Å². The first kappa shape index (κ1) is 13.8. The molecule has 110 valence electrons. The normalized spacial score (nSPS) is 13.8. The van der Waals surface area contributed by atoms with Crippen molar-refractivity contribution in [2.75, 3.05) is 11.9 Å². The van der Waals surface area contributed by atoms with Crippen LogP contribution in [0.5, 0.6) is 5.75 Å². The molecule has 0 unspecified atom stereocenters. The highest BCUT2D eigenvalue weighted by Gasteiger charge is 2.18. The maximum atomic E-state index is 13.5. The lowest BCUT2D eigenvalue weighted by molar-refractivity contribution is 0.469. The van der Waals surface area contributed by atoms with Crippen molar-refractivity contribution in [2.45, 2.75) is 32.6 Å². The van der Waals surface area contributed by atoms with Crippen molar-refractivity contribution >= 4 is 5.82 Å². The summed E-state index contributed by atoms with van der Waals surface area (Å²) >= 11 is 0. The molecule has 21 heavy (non-hydrogen) atoms. The van der Waals surface area contributed by atoms with Crippen molar-refractivity contribution in [1.82, 2.24) is 9.97 Å². The van der Waals surface area contributed by atoms with E-state index >= 15 is 0 Å². The molecule has 1 aromatic heterocycles. The largest absolute Gasteiger partial charge is 0.508 e. The van der Waals surface area contributed by atoms with Gasteiger partial charge in [-0.15, -0.1) is 0 Å². The van der Waals surface area contributed by atoms with Gasteiger partial charge in [-0.25, -0.2) is 14.4 Å². The van der Waals surface area contributed by atoms with Gasteiger partial charge in [0.25, 0.3) is 0 Å². The van der Waals surface area contributed by atoms with Gasteiger partial charge in [0.2, 0.25) is 0 Å². The maximum absolute atomic E-state index is 13.5. The number of halogens is 1. The predicted molar refractivity (Wildman–Crippen MR) is 79.9 cm³/mol. The Labute approximate surface area is 123 Å². The molecule has 0 spiro atoms. The zero-order valence-electron chi connectivity index (χ0n) is 12.0. The summed E-state index contributed by atoms with van der Waals surface area (Å²) in [4.78, 5) is 9.11. The lowest BCUT2D eigenvalue weighted by atomic mass is 9.96. The summed E-state index contributed by atoms with van der Waals surface area (Å²) in [5.74, 6) is 0.690. The number of rotatable bonds is 3. The number of aryl methyl sites for hydroxylation is 1. The molecule has 1 heterocycles. The van der Waals surface area contributed by atoms with Gasteiger partial charge in [-0.1, -0.05) is 0 Å². The van der Waals surface area contributed by atoms with Gasteiger partial charge in [0.1, 0.15) is 17.4 Å². The smallest absolute Gasteiger partial charge is 0.162 e. The Balaban J connectivity index is 2.12. The van der Waals surface area contributed by atoms with Crippen molar-refractivity contribution in [1.29, 1.82) is 0 Å². The topological polar surface area (TPSA) is 58.0 Å². The van der Waals surface area contributed by atoms with E-state index in [-0.39, 0.29) is 5.75 Å². The Bertz CT molecular complexity index is 653. The summed E-state index contributed by atoms with van der Waals surface area (Å²) in [7, 11) is 0. The van der Waals surface area contributed by atoms with Crippen LogP contribution < -0.4 is 5.32 Å². The van der Waals surface area contributed by atoms with Gasteiger partial charge in [0.15, 0.2) is 5.82 Å². The summed E-state index contributed by atoms with van der Waals surface area (Å²) in [6.07, 6.45) is 4.16. The first-order chi connectivity index (χ1) is 10.2. The zero-order chi connectivity index (χ0) is 14.8. The number of phenols is 1. The summed E-state index contributed by atoms with van der Waals surface area (Å²) < 4.78 is 13.5. The van der Waals surface area contributed by atoms with E-state index < -0.39 is 5.82 Å².